The van der Waals surface area contributed by atoms with Crippen molar-refractivity contribution in [1.29, 1.82) is 0 Å². The van der Waals surface area contributed by atoms with E-state index in [1.54, 1.807) is 12.3 Å². The van der Waals surface area contributed by atoms with Gasteiger partial charge in [0.05, 0.1) is 29.0 Å². The molecule has 4 rings (SSSR count). The fourth-order valence-electron chi connectivity index (χ4n) is 2.69. The highest BCUT2D eigenvalue weighted by Crippen LogP contribution is 2.12. The minimum Gasteiger partial charge on any atom is -0.343 e. The number of hydrogen-bond acceptors (Lipinski definition) is 5. The van der Waals surface area contributed by atoms with Gasteiger partial charge in [-0.15, -0.1) is 10.2 Å². The summed E-state index contributed by atoms with van der Waals surface area (Å²) < 4.78 is 1.85. The predicted molar refractivity (Wildman–Crippen MR) is 98.1 cm³/mol. The highest BCUT2D eigenvalue weighted by atomic mass is 16.1. The first kappa shape index (κ1) is 15.9. The van der Waals surface area contributed by atoms with E-state index in [1.165, 1.54) is 6.08 Å². The fraction of sp³-hybridized carbons (Fsp3) is 0.105. The third-order valence-corrected chi connectivity index (χ3v) is 3.96. The second-order valence-electron chi connectivity index (χ2n) is 5.83. The lowest BCUT2D eigenvalue weighted by molar-refractivity contribution is -0.117. The van der Waals surface area contributed by atoms with E-state index in [2.05, 4.69) is 25.5 Å². The first-order valence-electron chi connectivity index (χ1n) is 8.21. The molecule has 128 valence electrons. The SMILES string of the molecule is CC(NC(=O)/C=C/c1cnc2ccccc2n1)c1nnc2ccccn12. The van der Waals surface area contributed by atoms with Crippen LogP contribution in [0.25, 0.3) is 22.8 Å². The van der Waals surface area contributed by atoms with Crippen molar-refractivity contribution < 1.29 is 4.79 Å². The molecule has 7 heteroatoms. The zero-order valence-corrected chi connectivity index (χ0v) is 14.1. The Hall–Kier alpha value is -3.61. The van der Waals surface area contributed by atoms with Crippen molar-refractivity contribution in [2.24, 2.45) is 0 Å². The Kier molecular flexibility index (Phi) is 4.10. The van der Waals surface area contributed by atoms with E-state index in [-0.39, 0.29) is 11.9 Å². The number of fused-ring (bicyclic) bond motifs is 2. The summed E-state index contributed by atoms with van der Waals surface area (Å²) in [6, 6.07) is 13.0. The number of aromatic nitrogens is 5. The molecule has 3 heterocycles. The van der Waals surface area contributed by atoms with Gasteiger partial charge in [0.1, 0.15) is 0 Å². The van der Waals surface area contributed by atoms with Crippen LogP contribution in [0.15, 0.2) is 60.9 Å². The minimum atomic E-state index is -0.285. The quantitative estimate of drug-likeness (QED) is 0.575. The number of rotatable bonds is 4. The fourth-order valence-corrected chi connectivity index (χ4v) is 2.69. The predicted octanol–water partition coefficient (Wildman–Crippen LogP) is 2.56. The van der Waals surface area contributed by atoms with Gasteiger partial charge in [-0.3, -0.25) is 14.2 Å². The maximum absolute atomic E-state index is 12.2. The summed E-state index contributed by atoms with van der Waals surface area (Å²) in [4.78, 5) is 21.0. The molecule has 0 aliphatic heterocycles. The van der Waals surface area contributed by atoms with Gasteiger partial charge in [-0.05, 0) is 37.3 Å². The lowest BCUT2D eigenvalue weighted by atomic mass is 10.2. The molecule has 0 spiro atoms. The molecule has 0 saturated heterocycles. The largest absolute Gasteiger partial charge is 0.343 e. The number of hydrogen-bond donors (Lipinski definition) is 1. The maximum Gasteiger partial charge on any atom is 0.244 e. The van der Waals surface area contributed by atoms with E-state index in [9.17, 15) is 4.79 Å². The number of nitrogens with zero attached hydrogens (tertiary/aromatic N) is 5. The van der Waals surface area contributed by atoms with Crippen molar-refractivity contribution in [2.45, 2.75) is 13.0 Å². The first-order valence-corrected chi connectivity index (χ1v) is 8.21. The van der Waals surface area contributed by atoms with E-state index < -0.39 is 0 Å². The first-order chi connectivity index (χ1) is 12.7. The molecule has 1 aromatic carbocycles. The molecule has 1 atom stereocenters. The Morgan fingerprint density at radius 1 is 1.12 bits per heavy atom. The van der Waals surface area contributed by atoms with Gasteiger partial charge in [0.15, 0.2) is 11.5 Å². The van der Waals surface area contributed by atoms with E-state index >= 15 is 0 Å². The molecule has 0 radical (unpaired) electrons. The number of pyridine rings is 1. The van der Waals surface area contributed by atoms with Crippen LogP contribution in [-0.2, 0) is 4.79 Å². The number of benzene rings is 1. The van der Waals surface area contributed by atoms with Crippen molar-refractivity contribution in [3.63, 3.8) is 0 Å². The second-order valence-corrected chi connectivity index (χ2v) is 5.83. The van der Waals surface area contributed by atoms with Crippen LogP contribution in [0, 0.1) is 0 Å². The summed E-state index contributed by atoms with van der Waals surface area (Å²) in [5.74, 6) is 0.438. The van der Waals surface area contributed by atoms with E-state index in [0.717, 1.165) is 16.7 Å². The number of nitrogens with one attached hydrogen (secondary N) is 1. The number of carbonyl (C=O) groups is 1. The van der Waals surface area contributed by atoms with Crippen LogP contribution in [0.4, 0.5) is 0 Å². The van der Waals surface area contributed by atoms with Gasteiger partial charge in [0.25, 0.3) is 0 Å². The maximum atomic E-state index is 12.2. The van der Waals surface area contributed by atoms with Gasteiger partial charge in [-0.2, -0.15) is 0 Å². The van der Waals surface area contributed by atoms with Crippen LogP contribution in [0.2, 0.25) is 0 Å². The molecule has 0 aliphatic rings. The summed E-state index contributed by atoms with van der Waals surface area (Å²) in [7, 11) is 0. The zero-order valence-electron chi connectivity index (χ0n) is 14.1. The van der Waals surface area contributed by atoms with Gasteiger partial charge < -0.3 is 5.32 Å². The summed E-state index contributed by atoms with van der Waals surface area (Å²) >= 11 is 0. The molecule has 0 fully saturated rings. The third kappa shape index (κ3) is 3.14. The average Bonchev–Trinajstić information content (AvgIpc) is 3.10. The van der Waals surface area contributed by atoms with Crippen LogP contribution in [0.3, 0.4) is 0 Å². The number of carbonyl (C=O) groups excluding carboxylic acids is 1. The molecule has 0 saturated carbocycles. The molecule has 1 unspecified atom stereocenters. The van der Waals surface area contributed by atoms with Crippen LogP contribution in [0.5, 0.6) is 0 Å². The van der Waals surface area contributed by atoms with Crippen molar-refractivity contribution in [3.8, 4) is 0 Å². The van der Waals surface area contributed by atoms with Gasteiger partial charge in [-0.1, -0.05) is 18.2 Å². The van der Waals surface area contributed by atoms with Crippen molar-refractivity contribution in [3.05, 3.63) is 72.5 Å². The number of para-hydroxylation sites is 2. The zero-order chi connectivity index (χ0) is 17.9. The van der Waals surface area contributed by atoms with Gasteiger partial charge >= 0.3 is 0 Å². The Bertz CT molecular complexity index is 1120. The summed E-state index contributed by atoms with van der Waals surface area (Å²) in [5.41, 5.74) is 2.98. The van der Waals surface area contributed by atoms with Crippen LogP contribution < -0.4 is 5.32 Å². The lowest BCUT2D eigenvalue weighted by Gasteiger charge is -2.10. The van der Waals surface area contributed by atoms with Crippen molar-refractivity contribution >= 4 is 28.7 Å². The Morgan fingerprint density at radius 3 is 2.81 bits per heavy atom. The van der Waals surface area contributed by atoms with Gasteiger partial charge in [-0.25, -0.2) is 4.98 Å². The van der Waals surface area contributed by atoms with Crippen LogP contribution in [0.1, 0.15) is 24.5 Å². The highest BCUT2D eigenvalue weighted by molar-refractivity contribution is 5.91. The molecule has 0 bridgehead atoms. The Morgan fingerprint density at radius 2 is 1.92 bits per heavy atom. The van der Waals surface area contributed by atoms with Crippen molar-refractivity contribution in [1.82, 2.24) is 29.9 Å². The summed E-state index contributed by atoms with van der Waals surface area (Å²) in [6.07, 6.45) is 6.59. The van der Waals surface area contributed by atoms with E-state index in [1.807, 2.05) is 60.0 Å². The summed E-state index contributed by atoms with van der Waals surface area (Å²) in [6.45, 7) is 1.87. The molecular weight excluding hydrogens is 328 g/mol. The summed E-state index contributed by atoms with van der Waals surface area (Å²) in [5, 5.41) is 11.1. The molecule has 26 heavy (non-hydrogen) atoms. The van der Waals surface area contributed by atoms with E-state index in [0.29, 0.717) is 11.5 Å². The standard InChI is InChI=1S/C19H16N6O/c1-13(19-24-23-17-8-4-5-11-25(17)19)21-18(26)10-9-14-12-20-15-6-2-3-7-16(15)22-14/h2-13H,1H3,(H,21,26)/b10-9+. The Balaban J connectivity index is 1.48. The Labute approximate surface area is 149 Å². The normalized spacial score (nSPS) is 12.7. The second kappa shape index (κ2) is 6.72. The third-order valence-electron chi connectivity index (χ3n) is 3.96. The van der Waals surface area contributed by atoms with Crippen LogP contribution in [-0.4, -0.2) is 30.5 Å². The van der Waals surface area contributed by atoms with Crippen molar-refractivity contribution in [2.75, 3.05) is 0 Å². The monoisotopic (exact) mass is 344 g/mol. The number of amides is 1. The topological polar surface area (TPSA) is 85.1 Å². The molecule has 1 N–H and O–H groups in total. The molecule has 3 aromatic heterocycles. The molecule has 4 aromatic rings. The molecule has 7 nitrogen and oxygen atoms in total. The van der Waals surface area contributed by atoms with Gasteiger partial charge in [0, 0.05) is 12.3 Å². The molecular formula is C19H16N6O. The highest BCUT2D eigenvalue weighted by Gasteiger charge is 2.14. The van der Waals surface area contributed by atoms with Crippen LogP contribution >= 0.6 is 0 Å². The lowest BCUT2D eigenvalue weighted by Crippen LogP contribution is -2.26. The molecule has 0 aliphatic carbocycles. The van der Waals surface area contributed by atoms with E-state index in [4.69, 9.17) is 0 Å². The minimum absolute atomic E-state index is 0.236. The van der Waals surface area contributed by atoms with Gasteiger partial charge in [0.2, 0.25) is 5.91 Å². The smallest absolute Gasteiger partial charge is 0.244 e. The molecule has 1 amide bonds. The average molecular weight is 344 g/mol.